The average Bonchev–Trinajstić information content (AvgIpc) is 3.05. The molecule has 0 unspecified atom stereocenters. The minimum atomic E-state index is -4.76. The zero-order valence-electron chi connectivity index (χ0n) is 30.4. The molecule has 8 nitrogen and oxygen atoms in total. The van der Waals surface area contributed by atoms with Crippen molar-refractivity contribution in [2.75, 3.05) is 13.2 Å². The van der Waals surface area contributed by atoms with Gasteiger partial charge in [-0.2, -0.15) is 0 Å². The molecule has 278 valence electrons. The van der Waals surface area contributed by atoms with Crippen LogP contribution in [0.3, 0.4) is 0 Å². The minimum Gasteiger partial charge on any atom is -0.462 e. The van der Waals surface area contributed by atoms with Gasteiger partial charge in [-0.1, -0.05) is 133 Å². The fraction of sp³-hybridized carbons (Fsp3) is 0.744. The van der Waals surface area contributed by atoms with Crippen LogP contribution in [0.15, 0.2) is 48.6 Å². The molecule has 9 heteroatoms. The van der Waals surface area contributed by atoms with Crippen molar-refractivity contribution in [3.8, 4) is 0 Å². The van der Waals surface area contributed by atoms with Crippen LogP contribution in [0.4, 0.5) is 0 Å². The number of esters is 2. The maximum Gasteiger partial charge on any atom is 0.469 e. The second-order valence-electron chi connectivity index (χ2n) is 12.5. The van der Waals surface area contributed by atoms with Crippen LogP contribution < -0.4 is 0 Å². The first-order chi connectivity index (χ1) is 23.3. The summed E-state index contributed by atoms with van der Waals surface area (Å²) in [6, 6.07) is 0. The van der Waals surface area contributed by atoms with Gasteiger partial charge in [0.05, 0.1) is 6.61 Å². The molecule has 0 saturated heterocycles. The van der Waals surface area contributed by atoms with Gasteiger partial charge in [-0.3, -0.25) is 14.1 Å². The Bertz CT molecular complexity index is 921. The molecule has 0 amide bonds. The average molecular weight is 697 g/mol. The molecule has 0 spiro atoms. The molecule has 0 aliphatic heterocycles. The highest BCUT2D eigenvalue weighted by Gasteiger charge is 2.22. The molecular weight excluding hydrogens is 627 g/mol. The van der Waals surface area contributed by atoms with Crippen molar-refractivity contribution >= 4 is 19.8 Å². The van der Waals surface area contributed by atoms with Crippen LogP contribution in [0, 0.1) is 0 Å². The summed E-state index contributed by atoms with van der Waals surface area (Å²) in [5, 5.41) is 0. The SMILES string of the molecule is CC/C=C/C/C=C/C/C=C/CCCCCCCC(=O)OC[C@H](COP(=O)(O)O)OC(=O)CCCC/C=C/CCCCCCCCCCC. The van der Waals surface area contributed by atoms with E-state index in [1.165, 1.54) is 57.8 Å². The summed E-state index contributed by atoms with van der Waals surface area (Å²) >= 11 is 0. The molecule has 1 atom stereocenters. The minimum absolute atomic E-state index is 0.177. The Morgan fingerprint density at radius 3 is 1.56 bits per heavy atom. The molecule has 0 aromatic rings. The Kier molecular flexibility index (Phi) is 33.4. The predicted octanol–water partition coefficient (Wildman–Crippen LogP) is 11.2. The van der Waals surface area contributed by atoms with Crippen LogP contribution in [0.2, 0.25) is 0 Å². The first-order valence-electron chi connectivity index (χ1n) is 18.9. The second kappa shape index (κ2) is 34.9. The fourth-order valence-corrected chi connectivity index (χ4v) is 5.39. The Hall–Kier alpha value is -1.99. The number of rotatable bonds is 34. The lowest BCUT2D eigenvalue weighted by atomic mass is 10.1. The lowest BCUT2D eigenvalue weighted by Crippen LogP contribution is -2.29. The zero-order valence-corrected chi connectivity index (χ0v) is 31.3. The molecule has 0 aromatic carbocycles. The number of phosphoric acid groups is 1. The standard InChI is InChI=1S/C39H69O8P/c1-3-5-7-9-11-13-15-17-19-21-23-25-27-29-31-33-38(40)45-35-37(36-46-48(42,43)44)47-39(41)34-32-30-28-26-24-22-20-18-16-14-12-10-8-6-4-2/h5,7,11,13,17,19,24,26,37H,3-4,6,8-10,12,14-16,18,20-23,25,27-36H2,1-2H3,(H2,42,43,44)/b7-5+,13-11+,19-17+,26-24+/t37-/m1/s1. The highest BCUT2D eigenvalue weighted by Crippen LogP contribution is 2.36. The van der Waals surface area contributed by atoms with E-state index in [4.69, 9.17) is 19.3 Å². The quantitative estimate of drug-likeness (QED) is 0.0295. The van der Waals surface area contributed by atoms with Crippen molar-refractivity contribution in [2.45, 2.75) is 174 Å². The van der Waals surface area contributed by atoms with E-state index in [2.05, 4.69) is 67.0 Å². The molecule has 0 rings (SSSR count). The van der Waals surface area contributed by atoms with Crippen molar-refractivity contribution in [1.82, 2.24) is 0 Å². The van der Waals surface area contributed by atoms with E-state index in [1.54, 1.807) is 0 Å². The topological polar surface area (TPSA) is 119 Å². The van der Waals surface area contributed by atoms with Gasteiger partial charge in [-0.25, -0.2) is 4.57 Å². The smallest absolute Gasteiger partial charge is 0.462 e. The predicted molar refractivity (Wildman–Crippen MR) is 198 cm³/mol. The largest absolute Gasteiger partial charge is 0.469 e. The zero-order chi connectivity index (χ0) is 35.4. The number of ether oxygens (including phenoxy) is 2. The maximum absolute atomic E-state index is 12.3. The molecule has 0 saturated carbocycles. The molecule has 2 N–H and O–H groups in total. The molecule has 0 fully saturated rings. The fourth-order valence-electron chi connectivity index (χ4n) is 5.03. The van der Waals surface area contributed by atoms with Gasteiger partial charge in [-0.05, 0) is 70.6 Å². The third-order valence-electron chi connectivity index (χ3n) is 7.83. The first-order valence-corrected chi connectivity index (χ1v) is 20.5. The van der Waals surface area contributed by atoms with Crippen LogP contribution in [0.1, 0.15) is 168 Å². The summed E-state index contributed by atoms with van der Waals surface area (Å²) < 4.78 is 26.3. The summed E-state index contributed by atoms with van der Waals surface area (Å²) in [5.74, 6) is -0.933. The molecule has 0 heterocycles. The van der Waals surface area contributed by atoms with E-state index >= 15 is 0 Å². The van der Waals surface area contributed by atoms with E-state index < -0.39 is 32.5 Å². The second-order valence-corrected chi connectivity index (χ2v) is 13.8. The highest BCUT2D eigenvalue weighted by atomic mass is 31.2. The van der Waals surface area contributed by atoms with Crippen LogP contribution in [0.5, 0.6) is 0 Å². The number of carbonyl (C=O) groups excluding carboxylic acids is 2. The molecular formula is C39H69O8P. The van der Waals surface area contributed by atoms with Crippen LogP contribution in [-0.2, 0) is 28.2 Å². The van der Waals surface area contributed by atoms with Gasteiger partial charge in [0.25, 0.3) is 0 Å². The number of unbranched alkanes of at least 4 members (excludes halogenated alkanes) is 16. The van der Waals surface area contributed by atoms with Gasteiger partial charge in [0.15, 0.2) is 6.10 Å². The lowest BCUT2D eigenvalue weighted by Gasteiger charge is -2.18. The number of carbonyl (C=O) groups is 2. The summed E-state index contributed by atoms with van der Waals surface area (Å²) in [5.41, 5.74) is 0. The normalized spacial score (nSPS) is 13.0. The van der Waals surface area contributed by atoms with Gasteiger partial charge >= 0.3 is 19.8 Å². The van der Waals surface area contributed by atoms with Crippen molar-refractivity contribution in [2.24, 2.45) is 0 Å². The number of allylic oxidation sites excluding steroid dienone is 8. The highest BCUT2D eigenvalue weighted by molar-refractivity contribution is 7.46. The summed E-state index contributed by atoms with van der Waals surface area (Å²) in [4.78, 5) is 42.7. The third kappa shape index (κ3) is 36.8. The molecule has 0 bridgehead atoms. The van der Waals surface area contributed by atoms with Crippen molar-refractivity contribution in [3.05, 3.63) is 48.6 Å². The third-order valence-corrected chi connectivity index (χ3v) is 8.32. The molecule has 0 radical (unpaired) electrons. The van der Waals surface area contributed by atoms with Gasteiger partial charge in [0.2, 0.25) is 0 Å². The van der Waals surface area contributed by atoms with E-state index in [0.29, 0.717) is 12.8 Å². The number of hydrogen-bond acceptors (Lipinski definition) is 6. The lowest BCUT2D eigenvalue weighted by molar-refractivity contribution is -0.161. The van der Waals surface area contributed by atoms with Crippen molar-refractivity contribution in [3.63, 3.8) is 0 Å². The van der Waals surface area contributed by atoms with Crippen molar-refractivity contribution < 1.29 is 37.9 Å². The molecule has 48 heavy (non-hydrogen) atoms. The Morgan fingerprint density at radius 2 is 1.00 bits per heavy atom. The monoisotopic (exact) mass is 696 g/mol. The Balaban J connectivity index is 4.03. The van der Waals surface area contributed by atoms with Crippen molar-refractivity contribution in [1.29, 1.82) is 0 Å². The van der Waals surface area contributed by atoms with E-state index in [-0.39, 0.29) is 19.4 Å². The van der Waals surface area contributed by atoms with E-state index in [1.807, 2.05) is 0 Å². The Labute approximate surface area is 293 Å². The first kappa shape index (κ1) is 46.0. The van der Waals surface area contributed by atoms with E-state index in [9.17, 15) is 14.2 Å². The summed E-state index contributed by atoms with van der Waals surface area (Å²) in [6.07, 6.45) is 41.2. The maximum atomic E-state index is 12.3. The van der Waals surface area contributed by atoms with Crippen LogP contribution in [0.25, 0.3) is 0 Å². The molecule has 0 aromatic heterocycles. The molecule has 0 aliphatic rings. The van der Waals surface area contributed by atoms with Gasteiger partial charge in [0, 0.05) is 12.8 Å². The van der Waals surface area contributed by atoms with Crippen LogP contribution in [-0.4, -0.2) is 41.0 Å². The Morgan fingerprint density at radius 1 is 0.562 bits per heavy atom. The van der Waals surface area contributed by atoms with E-state index in [0.717, 1.165) is 70.6 Å². The number of phosphoric ester groups is 1. The van der Waals surface area contributed by atoms with Gasteiger partial charge in [0.1, 0.15) is 6.61 Å². The summed E-state index contributed by atoms with van der Waals surface area (Å²) in [7, 11) is -4.76. The summed E-state index contributed by atoms with van der Waals surface area (Å²) in [6.45, 7) is 3.53. The molecule has 0 aliphatic carbocycles. The van der Waals surface area contributed by atoms with Gasteiger partial charge < -0.3 is 19.3 Å². The van der Waals surface area contributed by atoms with Gasteiger partial charge in [-0.15, -0.1) is 0 Å². The van der Waals surface area contributed by atoms with Crippen LogP contribution >= 0.6 is 7.82 Å². The number of hydrogen-bond donors (Lipinski definition) is 2.